The molecule has 0 atom stereocenters. The molecule has 6 heteroatoms. The molecule has 1 aliphatic rings. The summed E-state index contributed by atoms with van der Waals surface area (Å²) in [5.41, 5.74) is 1.70. The second kappa shape index (κ2) is 6.77. The third kappa shape index (κ3) is 3.37. The summed E-state index contributed by atoms with van der Waals surface area (Å²) in [5.74, 6) is 0.390. The van der Waals surface area contributed by atoms with E-state index in [4.69, 9.17) is 11.6 Å². The highest BCUT2D eigenvalue weighted by molar-refractivity contribution is 8.15. The molecule has 0 aliphatic carbocycles. The normalized spacial score (nSPS) is 16.9. The van der Waals surface area contributed by atoms with Gasteiger partial charge in [-0.25, -0.2) is 0 Å². The Hall–Kier alpha value is -2.11. The number of para-hydroxylation sites is 1. The van der Waals surface area contributed by atoms with Gasteiger partial charge < -0.3 is 0 Å². The van der Waals surface area contributed by atoms with Crippen LogP contribution in [0.15, 0.2) is 64.8 Å². The smallest absolute Gasteiger partial charge is 0.243 e. The lowest BCUT2D eigenvalue weighted by molar-refractivity contribution is -0.115. The van der Waals surface area contributed by atoms with Crippen LogP contribution in [0.25, 0.3) is 0 Å². The maximum absolute atomic E-state index is 12.0. The van der Waals surface area contributed by atoms with Gasteiger partial charge in [-0.2, -0.15) is 5.10 Å². The molecule has 3 rings (SSSR count). The molecule has 4 nitrogen and oxygen atoms in total. The fraction of sp³-hybridized carbons (Fsp3) is 0.0625. The zero-order valence-electron chi connectivity index (χ0n) is 11.5. The van der Waals surface area contributed by atoms with E-state index in [1.165, 1.54) is 11.8 Å². The number of nitrogens with zero attached hydrogens (tertiary/aromatic N) is 3. The topological polar surface area (TPSA) is 45.0 Å². The van der Waals surface area contributed by atoms with Crippen LogP contribution in [0.5, 0.6) is 0 Å². The predicted molar refractivity (Wildman–Crippen MR) is 92.9 cm³/mol. The average molecular weight is 330 g/mol. The van der Waals surface area contributed by atoms with Crippen molar-refractivity contribution in [1.29, 1.82) is 0 Å². The summed E-state index contributed by atoms with van der Waals surface area (Å²) in [6.07, 6.45) is 1.63. The quantitative estimate of drug-likeness (QED) is 0.635. The maximum atomic E-state index is 12.0. The van der Waals surface area contributed by atoms with Crippen LogP contribution in [-0.4, -0.2) is 23.0 Å². The van der Waals surface area contributed by atoms with Gasteiger partial charge in [-0.05, 0) is 29.8 Å². The number of halogens is 1. The van der Waals surface area contributed by atoms with Crippen molar-refractivity contribution >= 4 is 46.3 Å². The van der Waals surface area contributed by atoms with Gasteiger partial charge in [0.2, 0.25) is 5.91 Å². The fourth-order valence-electron chi connectivity index (χ4n) is 1.96. The van der Waals surface area contributed by atoms with E-state index in [-0.39, 0.29) is 5.91 Å². The number of anilines is 1. The van der Waals surface area contributed by atoms with Gasteiger partial charge in [-0.1, -0.05) is 53.7 Å². The van der Waals surface area contributed by atoms with Crippen LogP contribution in [-0.2, 0) is 4.79 Å². The number of carbonyl (C=O) groups is 1. The van der Waals surface area contributed by atoms with E-state index in [0.717, 1.165) is 11.3 Å². The summed E-state index contributed by atoms with van der Waals surface area (Å²) in [4.78, 5) is 13.6. The van der Waals surface area contributed by atoms with Gasteiger partial charge in [-0.3, -0.25) is 9.69 Å². The standard InChI is InChI=1S/C16H12ClN3OS/c17-13-8-6-12(7-9-13)10-18-19-16-20(15(21)11-22-16)14-4-2-1-3-5-14/h1-10H,11H2/b18-10-,19-16+. The van der Waals surface area contributed by atoms with Gasteiger partial charge in [0.05, 0.1) is 17.7 Å². The second-order valence-electron chi connectivity index (χ2n) is 4.53. The molecule has 2 aromatic carbocycles. The van der Waals surface area contributed by atoms with E-state index in [9.17, 15) is 4.79 Å². The lowest BCUT2D eigenvalue weighted by Gasteiger charge is -2.14. The first-order chi connectivity index (χ1) is 10.7. The number of amidine groups is 1. The molecule has 0 saturated carbocycles. The summed E-state index contributed by atoms with van der Waals surface area (Å²) in [7, 11) is 0. The molecule has 22 heavy (non-hydrogen) atoms. The Morgan fingerprint density at radius 2 is 1.82 bits per heavy atom. The van der Waals surface area contributed by atoms with Crippen LogP contribution in [0, 0.1) is 0 Å². The average Bonchev–Trinajstić information content (AvgIpc) is 2.91. The van der Waals surface area contributed by atoms with Gasteiger partial charge in [0.15, 0.2) is 5.17 Å². The zero-order valence-corrected chi connectivity index (χ0v) is 13.1. The van der Waals surface area contributed by atoms with Crippen molar-refractivity contribution in [2.45, 2.75) is 0 Å². The number of thioether (sulfide) groups is 1. The van der Waals surface area contributed by atoms with E-state index < -0.39 is 0 Å². The molecule has 0 spiro atoms. The number of hydrogen-bond acceptors (Lipinski definition) is 4. The van der Waals surface area contributed by atoms with Gasteiger partial charge >= 0.3 is 0 Å². The molecule has 2 aromatic rings. The Balaban J connectivity index is 1.80. The summed E-state index contributed by atoms with van der Waals surface area (Å²) < 4.78 is 0. The first kappa shape index (κ1) is 14.8. The highest BCUT2D eigenvalue weighted by Crippen LogP contribution is 2.26. The number of amides is 1. The van der Waals surface area contributed by atoms with Crippen LogP contribution < -0.4 is 4.90 Å². The molecule has 1 heterocycles. The first-order valence-electron chi connectivity index (χ1n) is 6.61. The Kier molecular flexibility index (Phi) is 4.56. The Morgan fingerprint density at radius 3 is 2.55 bits per heavy atom. The van der Waals surface area contributed by atoms with Crippen LogP contribution in [0.4, 0.5) is 5.69 Å². The van der Waals surface area contributed by atoms with Crippen LogP contribution >= 0.6 is 23.4 Å². The van der Waals surface area contributed by atoms with E-state index in [2.05, 4.69) is 10.2 Å². The number of carbonyl (C=O) groups excluding carboxylic acids is 1. The molecule has 0 aromatic heterocycles. The monoisotopic (exact) mass is 329 g/mol. The van der Waals surface area contributed by atoms with Gasteiger partial charge in [0.1, 0.15) is 0 Å². The largest absolute Gasteiger partial charge is 0.273 e. The Bertz CT molecular complexity index is 729. The molecule has 0 unspecified atom stereocenters. The lowest BCUT2D eigenvalue weighted by atomic mass is 10.2. The fourth-order valence-corrected chi connectivity index (χ4v) is 2.91. The van der Waals surface area contributed by atoms with Crippen molar-refractivity contribution in [2.75, 3.05) is 10.7 Å². The molecular formula is C16H12ClN3OS. The summed E-state index contributed by atoms with van der Waals surface area (Å²) in [6, 6.07) is 16.7. The molecule has 1 saturated heterocycles. The van der Waals surface area contributed by atoms with Crippen molar-refractivity contribution in [3.63, 3.8) is 0 Å². The van der Waals surface area contributed by atoms with E-state index >= 15 is 0 Å². The third-order valence-corrected chi connectivity index (χ3v) is 4.17. The molecule has 1 fully saturated rings. The van der Waals surface area contributed by atoms with Crippen LogP contribution in [0.3, 0.4) is 0 Å². The molecule has 0 N–H and O–H groups in total. The Morgan fingerprint density at radius 1 is 1.09 bits per heavy atom. The number of hydrogen-bond donors (Lipinski definition) is 0. The number of rotatable bonds is 3. The van der Waals surface area contributed by atoms with Crippen molar-refractivity contribution in [3.8, 4) is 0 Å². The summed E-state index contributed by atoms with van der Waals surface area (Å²) >= 11 is 7.22. The molecule has 1 amide bonds. The summed E-state index contributed by atoms with van der Waals surface area (Å²) in [6.45, 7) is 0. The minimum atomic E-state index is 0.0108. The number of benzene rings is 2. The second-order valence-corrected chi connectivity index (χ2v) is 5.91. The minimum Gasteiger partial charge on any atom is -0.273 e. The van der Waals surface area contributed by atoms with Crippen LogP contribution in [0.1, 0.15) is 5.56 Å². The zero-order chi connectivity index (χ0) is 15.4. The minimum absolute atomic E-state index is 0.0108. The SMILES string of the molecule is O=C1CS/C(=N/N=C\c2ccc(Cl)cc2)N1c1ccccc1. The predicted octanol–water partition coefficient (Wildman–Crippen LogP) is 3.81. The van der Waals surface area contributed by atoms with Crippen molar-refractivity contribution in [2.24, 2.45) is 10.2 Å². The molecular weight excluding hydrogens is 318 g/mol. The molecule has 0 bridgehead atoms. The van der Waals surface area contributed by atoms with Crippen molar-refractivity contribution < 1.29 is 4.79 Å². The van der Waals surface area contributed by atoms with Gasteiger partial charge in [0.25, 0.3) is 0 Å². The van der Waals surface area contributed by atoms with E-state index in [1.807, 2.05) is 42.5 Å². The Labute approximate surface area is 137 Å². The van der Waals surface area contributed by atoms with Crippen molar-refractivity contribution in [1.82, 2.24) is 0 Å². The highest BCUT2D eigenvalue weighted by atomic mass is 35.5. The van der Waals surface area contributed by atoms with E-state index in [1.54, 1.807) is 23.2 Å². The maximum Gasteiger partial charge on any atom is 0.243 e. The highest BCUT2D eigenvalue weighted by Gasteiger charge is 2.29. The van der Waals surface area contributed by atoms with Crippen LogP contribution in [0.2, 0.25) is 5.02 Å². The first-order valence-corrected chi connectivity index (χ1v) is 7.98. The van der Waals surface area contributed by atoms with Crippen molar-refractivity contribution in [3.05, 3.63) is 65.2 Å². The van der Waals surface area contributed by atoms with Gasteiger partial charge in [-0.15, -0.1) is 5.10 Å². The molecule has 0 radical (unpaired) electrons. The third-order valence-electron chi connectivity index (χ3n) is 3.00. The summed E-state index contributed by atoms with van der Waals surface area (Å²) in [5, 5.41) is 9.50. The molecule has 1 aliphatic heterocycles. The van der Waals surface area contributed by atoms with Gasteiger partial charge in [0, 0.05) is 5.02 Å². The molecule has 110 valence electrons. The van der Waals surface area contributed by atoms with E-state index in [0.29, 0.717) is 15.9 Å². The lowest BCUT2D eigenvalue weighted by Crippen LogP contribution is -2.28.